The van der Waals surface area contributed by atoms with E-state index >= 15 is 0 Å². The molecule has 2 heterocycles. The van der Waals surface area contributed by atoms with Crippen LogP contribution >= 0.6 is 11.3 Å². The van der Waals surface area contributed by atoms with Gasteiger partial charge in [-0.1, -0.05) is 11.2 Å². The third kappa shape index (κ3) is 3.49. The molecule has 2 aromatic heterocycles. The highest BCUT2D eigenvalue weighted by Crippen LogP contribution is 2.30. The third-order valence-corrected chi connectivity index (χ3v) is 5.01. The molecule has 0 unspecified atom stereocenters. The number of hydrogen-bond acceptors (Lipinski definition) is 6. The van der Waals surface area contributed by atoms with Crippen LogP contribution in [0.5, 0.6) is 5.75 Å². The van der Waals surface area contributed by atoms with Crippen LogP contribution in [0.2, 0.25) is 0 Å². The van der Waals surface area contributed by atoms with Crippen molar-refractivity contribution in [1.82, 2.24) is 15.0 Å². The van der Waals surface area contributed by atoms with Gasteiger partial charge in [-0.25, -0.2) is 0 Å². The van der Waals surface area contributed by atoms with E-state index in [1.54, 1.807) is 18.4 Å². The van der Waals surface area contributed by atoms with Gasteiger partial charge in [-0.15, -0.1) is 11.3 Å². The van der Waals surface area contributed by atoms with Crippen molar-refractivity contribution < 1.29 is 9.26 Å². The van der Waals surface area contributed by atoms with Crippen molar-refractivity contribution in [3.8, 4) is 17.2 Å². The molecule has 0 amide bonds. The van der Waals surface area contributed by atoms with Gasteiger partial charge in [-0.2, -0.15) is 4.98 Å². The maximum atomic E-state index is 5.43. The lowest BCUT2D eigenvalue weighted by molar-refractivity contribution is 0.237. The van der Waals surface area contributed by atoms with Crippen LogP contribution in [0.4, 0.5) is 0 Å². The smallest absolute Gasteiger partial charge is 0.257 e. The van der Waals surface area contributed by atoms with Crippen molar-refractivity contribution in [1.29, 1.82) is 0 Å². The Labute approximate surface area is 144 Å². The number of nitrogens with zero attached hydrogens (tertiary/aromatic N) is 3. The molecule has 0 N–H and O–H groups in total. The van der Waals surface area contributed by atoms with E-state index in [1.807, 2.05) is 24.3 Å². The molecular weight excluding hydrogens is 322 g/mol. The molecule has 5 nitrogen and oxygen atoms in total. The largest absolute Gasteiger partial charge is 0.497 e. The van der Waals surface area contributed by atoms with Gasteiger partial charge in [0, 0.05) is 23.0 Å². The lowest BCUT2D eigenvalue weighted by Crippen LogP contribution is -2.25. The lowest BCUT2D eigenvalue weighted by Gasteiger charge is -2.18. The Bertz CT molecular complexity index is 779. The second-order valence-electron chi connectivity index (χ2n) is 5.96. The molecule has 0 saturated heterocycles. The highest BCUT2D eigenvalue weighted by atomic mass is 32.1. The number of methoxy groups -OCH3 is 1. The van der Waals surface area contributed by atoms with Crippen LogP contribution in [0.25, 0.3) is 11.5 Å². The predicted molar refractivity (Wildman–Crippen MR) is 92.9 cm³/mol. The van der Waals surface area contributed by atoms with Gasteiger partial charge < -0.3 is 9.26 Å². The number of rotatable bonds is 7. The molecule has 1 aliphatic carbocycles. The SMILES string of the molecule is COc1ccc(-c2nc(CN(Cc3cccs3)C3CC3)no2)cc1. The molecule has 24 heavy (non-hydrogen) atoms. The summed E-state index contributed by atoms with van der Waals surface area (Å²) in [7, 11) is 1.65. The van der Waals surface area contributed by atoms with E-state index in [0.717, 1.165) is 30.2 Å². The van der Waals surface area contributed by atoms with Gasteiger partial charge in [0.2, 0.25) is 0 Å². The molecule has 124 valence electrons. The maximum Gasteiger partial charge on any atom is 0.257 e. The van der Waals surface area contributed by atoms with Crippen LogP contribution in [0, 0.1) is 0 Å². The van der Waals surface area contributed by atoms with Gasteiger partial charge in [0.05, 0.1) is 13.7 Å². The summed E-state index contributed by atoms with van der Waals surface area (Å²) in [4.78, 5) is 8.37. The first-order valence-electron chi connectivity index (χ1n) is 8.05. The first kappa shape index (κ1) is 15.4. The van der Waals surface area contributed by atoms with E-state index in [2.05, 4.69) is 32.6 Å². The second kappa shape index (κ2) is 6.75. The summed E-state index contributed by atoms with van der Waals surface area (Å²) >= 11 is 1.79. The average molecular weight is 341 g/mol. The number of aromatic nitrogens is 2. The number of ether oxygens (including phenoxy) is 1. The van der Waals surface area contributed by atoms with Crippen LogP contribution in [0.1, 0.15) is 23.5 Å². The van der Waals surface area contributed by atoms with Crippen LogP contribution < -0.4 is 4.74 Å². The Kier molecular flexibility index (Phi) is 4.32. The van der Waals surface area contributed by atoms with Crippen LogP contribution in [0.3, 0.4) is 0 Å². The van der Waals surface area contributed by atoms with Crippen molar-refractivity contribution >= 4 is 11.3 Å². The van der Waals surface area contributed by atoms with E-state index in [4.69, 9.17) is 9.26 Å². The summed E-state index contributed by atoms with van der Waals surface area (Å²) in [5, 5.41) is 6.28. The average Bonchev–Trinajstić information content (AvgIpc) is 3.14. The minimum absolute atomic E-state index is 0.555. The zero-order chi connectivity index (χ0) is 16.4. The fourth-order valence-electron chi connectivity index (χ4n) is 2.71. The summed E-state index contributed by atoms with van der Waals surface area (Å²) in [6, 6.07) is 12.6. The van der Waals surface area contributed by atoms with Crippen LogP contribution in [-0.2, 0) is 13.1 Å². The molecule has 1 aliphatic rings. The zero-order valence-corrected chi connectivity index (χ0v) is 14.3. The highest BCUT2D eigenvalue weighted by Gasteiger charge is 2.30. The van der Waals surface area contributed by atoms with Gasteiger partial charge in [0.1, 0.15) is 5.75 Å². The lowest BCUT2D eigenvalue weighted by atomic mass is 10.2. The molecular formula is C18H19N3O2S. The first-order chi connectivity index (χ1) is 11.8. The second-order valence-corrected chi connectivity index (χ2v) is 6.99. The summed E-state index contributed by atoms with van der Waals surface area (Å²) < 4.78 is 10.6. The number of benzene rings is 1. The fourth-order valence-corrected chi connectivity index (χ4v) is 3.44. The fraction of sp³-hybridized carbons (Fsp3) is 0.333. The van der Waals surface area contributed by atoms with Gasteiger partial charge in [-0.05, 0) is 48.6 Å². The molecule has 0 radical (unpaired) electrons. The quantitative estimate of drug-likeness (QED) is 0.651. The molecule has 6 heteroatoms. The van der Waals surface area contributed by atoms with E-state index in [1.165, 1.54) is 17.7 Å². The molecule has 1 aromatic carbocycles. The summed E-state index contributed by atoms with van der Waals surface area (Å²) in [6.45, 7) is 1.68. The molecule has 1 fully saturated rings. The number of thiophene rings is 1. The zero-order valence-electron chi connectivity index (χ0n) is 13.5. The number of hydrogen-bond donors (Lipinski definition) is 0. The molecule has 4 rings (SSSR count). The van der Waals surface area contributed by atoms with Crippen molar-refractivity contribution in [3.63, 3.8) is 0 Å². The van der Waals surface area contributed by atoms with Crippen molar-refractivity contribution in [3.05, 3.63) is 52.5 Å². The van der Waals surface area contributed by atoms with Crippen LogP contribution in [0.15, 0.2) is 46.3 Å². The van der Waals surface area contributed by atoms with E-state index < -0.39 is 0 Å². The monoisotopic (exact) mass is 341 g/mol. The van der Waals surface area contributed by atoms with Crippen LogP contribution in [-0.4, -0.2) is 28.2 Å². The topological polar surface area (TPSA) is 51.4 Å². The molecule has 0 bridgehead atoms. The van der Waals surface area contributed by atoms with Gasteiger partial charge >= 0.3 is 0 Å². The standard InChI is InChI=1S/C18H19N3O2S/c1-22-15-8-4-13(5-9-15)18-19-17(20-23-18)12-21(14-6-7-14)11-16-3-2-10-24-16/h2-5,8-10,14H,6-7,11-12H2,1H3. The minimum Gasteiger partial charge on any atom is -0.497 e. The Morgan fingerprint density at radius 3 is 2.71 bits per heavy atom. The van der Waals surface area contributed by atoms with Crippen molar-refractivity contribution in [2.24, 2.45) is 0 Å². The van der Waals surface area contributed by atoms with E-state index in [-0.39, 0.29) is 0 Å². The molecule has 3 aromatic rings. The van der Waals surface area contributed by atoms with Gasteiger partial charge in [0.15, 0.2) is 5.82 Å². The highest BCUT2D eigenvalue weighted by molar-refractivity contribution is 7.09. The minimum atomic E-state index is 0.555. The predicted octanol–water partition coefficient (Wildman–Crippen LogP) is 3.97. The third-order valence-electron chi connectivity index (χ3n) is 4.15. The summed E-state index contributed by atoms with van der Waals surface area (Å²) in [5.41, 5.74) is 0.908. The van der Waals surface area contributed by atoms with Crippen molar-refractivity contribution in [2.75, 3.05) is 7.11 Å². The molecule has 0 atom stereocenters. The molecule has 0 aliphatic heterocycles. The molecule has 0 spiro atoms. The normalized spacial score (nSPS) is 14.2. The summed E-state index contributed by atoms with van der Waals surface area (Å²) in [5.74, 6) is 2.11. The van der Waals surface area contributed by atoms with Gasteiger partial charge in [-0.3, -0.25) is 4.90 Å². The Balaban J connectivity index is 1.46. The van der Waals surface area contributed by atoms with Crippen molar-refractivity contribution in [2.45, 2.75) is 32.0 Å². The molecule has 1 saturated carbocycles. The van der Waals surface area contributed by atoms with Gasteiger partial charge in [0.25, 0.3) is 5.89 Å². The Morgan fingerprint density at radius 2 is 2.04 bits per heavy atom. The Morgan fingerprint density at radius 1 is 1.21 bits per heavy atom. The van der Waals surface area contributed by atoms with E-state index in [0.29, 0.717) is 11.9 Å². The maximum absolute atomic E-state index is 5.43. The first-order valence-corrected chi connectivity index (χ1v) is 8.93. The van der Waals surface area contributed by atoms with E-state index in [9.17, 15) is 0 Å². The Hall–Kier alpha value is -2.18. The summed E-state index contributed by atoms with van der Waals surface area (Å²) in [6.07, 6.45) is 2.52.